The Morgan fingerprint density at radius 1 is 0.611 bits per heavy atom. The topological polar surface area (TPSA) is 44.7 Å². The average molecular weight is 483 g/mol. The highest BCUT2D eigenvalue weighted by atomic mass is 16.5. The predicted molar refractivity (Wildman–Crippen MR) is 138 cm³/mol. The molecule has 0 aliphatic heterocycles. The Balaban J connectivity index is 1.62. The van der Waals surface area contributed by atoms with Crippen molar-refractivity contribution in [3.63, 3.8) is 0 Å². The van der Waals surface area contributed by atoms with Gasteiger partial charge in [-0.2, -0.15) is 9.13 Å². The van der Waals surface area contributed by atoms with Crippen molar-refractivity contribution in [3.8, 4) is 58.0 Å². The standard InChI is InChI=1S/C30H30N2O4/c1-5-33-25-9-11-29(35-7-3)27(21-25)31-17-13-23(14-18-31)24-15-19-32(20-16-24)28-22-26(34-6-2)10-12-30(28)36-8-4/h3,9-22H,5-6,8H2,1-2,4H3/q+2. The summed E-state index contributed by atoms with van der Waals surface area (Å²) < 4.78 is 26.5. The van der Waals surface area contributed by atoms with Crippen LogP contribution in [0.5, 0.6) is 23.0 Å². The van der Waals surface area contributed by atoms with Gasteiger partial charge < -0.3 is 18.9 Å². The van der Waals surface area contributed by atoms with E-state index in [-0.39, 0.29) is 0 Å². The lowest BCUT2D eigenvalue weighted by Gasteiger charge is -2.09. The van der Waals surface area contributed by atoms with E-state index in [4.69, 9.17) is 25.4 Å². The highest BCUT2D eigenvalue weighted by molar-refractivity contribution is 5.61. The van der Waals surface area contributed by atoms with Gasteiger partial charge in [-0.25, -0.2) is 0 Å². The summed E-state index contributed by atoms with van der Waals surface area (Å²) in [6.07, 6.45) is 15.6. The number of hydrogen-bond acceptors (Lipinski definition) is 4. The molecule has 0 aliphatic rings. The van der Waals surface area contributed by atoms with Gasteiger partial charge in [0.2, 0.25) is 5.75 Å². The number of aromatic nitrogens is 2. The van der Waals surface area contributed by atoms with Gasteiger partial charge in [-0.05, 0) is 56.2 Å². The molecule has 0 aliphatic carbocycles. The number of benzene rings is 2. The number of ether oxygens (including phenoxy) is 4. The minimum atomic E-state index is 0.578. The van der Waals surface area contributed by atoms with Crippen LogP contribution >= 0.6 is 0 Å². The van der Waals surface area contributed by atoms with E-state index >= 15 is 0 Å². The van der Waals surface area contributed by atoms with Gasteiger partial charge >= 0.3 is 0 Å². The number of nitrogens with zero attached hydrogens (tertiary/aromatic N) is 2. The van der Waals surface area contributed by atoms with Crippen molar-refractivity contribution < 1.29 is 28.1 Å². The molecule has 0 fully saturated rings. The van der Waals surface area contributed by atoms with E-state index in [9.17, 15) is 0 Å². The van der Waals surface area contributed by atoms with Crippen LogP contribution in [0.25, 0.3) is 22.5 Å². The lowest BCUT2D eigenvalue weighted by molar-refractivity contribution is -0.596. The maximum absolute atomic E-state index is 5.83. The van der Waals surface area contributed by atoms with E-state index in [1.54, 1.807) is 0 Å². The Labute approximate surface area is 212 Å². The third kappa shape index (κ3) is 5.59. The summed E-state index contributed by atoms with van der Waals surface area (Å²) in [7, 11) is 0. The van der Waals surface area contributed by atoms with Crippen molar-refractivity contribution in [2.75, 3.05) is 19.8 Å². The maximum Gasteiger partial charge on any atom is 0.258 e. The molecule has 0 atom stereocenters. The van der Waals surface area contributed by atoms with Gasteiger partial charge in [0.05, 0.1) is 32.0 Å². The van der Waals surface area contributed by atoms with Crippen LogP contribution in [0.2, 0.25) is 0 Å². The second kappa shape index (κ2) is 11.8. The van der Waals surface area contributed by atoms with Crippen LogP contribution in [-0.4, -0.2) is 19.8 Å². The molecule has 6 nitrogen and oxygen atoms in total. The molecule has 0 saturated carbocycles. The Hall–Kier alpha value is -4.50. The van der Waals surface area contributed by atoms with Crippen molar-refractivity contribution >= 4 is 0 Å². The molecule has 36 heavy (non-hydrogen) atoms. The zero-order chi connectivity index (χ0) is 25.3. The van der Waals surface area contributed by atoms with Gasteiger partial charge in [0.1, 0.15) is 17.6 Å². The second-order valence-corrected chi connectivity index (χ2v) is 7.77. The quantitative estimate of drug-likeness (QED) is 0.234. The van der Waals surface area contributed by atoms with E-state index in [0.29, 0.717) is 25.6 Å². The number of terminal acetylenes is 1. The molecule has 0 amide bonds. The first-order valence-corrected chi connectivity index (χ1v) is 12.0. The fraction of sp³-hybridized carbons (Fsp3) is 0.200. The molecule has 0 unspecified atom stereocenters. The number of pyridine rings is 2. The lowest BCUT2D eigenvalue weighted by atomic mass is 10.1. The van der Waals surface area contributed by atoms with Gasteiger partial charge in [0.25, 0.3) is 11.4 Å². The molecular formula is C30H30N2O4+2. The number of rotatable bonds is 10. The average Bonchev–Trinajstić information content (AvgIpc) is 2.91. The van der Waals surface area contributed by atoms with E-state index < -0.39 is 0 Å². The summed E-state index contributed by atoms with van der Waals surface area (Å²) in [6, 6.07) is 19.7. The summed E-state index contributed by atoms with van der Waals surface area (Å²) in [5.74, 6) is 2.94. The van der Waals surface area contributed by atoms with Gasteiger partial charge in [0.15, 0.2) is 30.5 Å². The molecule has 0 saturated heterocycles. The molecule has 0 N–H and O–H groups in total. The Morgan fingerprint density at radius 3 is 1.50 bits per heavy atom. The maximum atomic E-state index is 5.83. The van der Waals surface area contributed by atoms with E-state index in [1.165, 1.54) is 0 Å². The largest absolute Gasteiger partial charge is 0.494 e. The molecular weight excluding hydrogens is 452 g/mol. The highest BCUT2D eigenvalue weighted by Gasteiger charge is 2.18. The fourth-order valence-corrected chi connectivity index (χ4v) is 3.90. The molecule has 182 valence electrons. The Bertz CT molecular complexity index is 1340. The van der Waals surface area contributed by atoms with Crippen LogP contribution in [-0.2, 0) is 0 Å². The van der Waals surface area contributed by atoms with Crippen molar-refractivity contribution in [2.24, 2.45) is 0 Å². The zero-order valence-corrected chi connectivity index (χ0v) is 20.8. The molecule has 4 aromatic rings. The summed E-state index contributed by atoms with van der Waals surface area (Å²) in [4.78, 5) is 0. The number of hydrogen-bond donors (Lipinski definition) is 0. The smallest absolute Gasteiger partial charge is 0.258 e. The van der Waals surface area contributed by atoms with Crippen LogP contribution in [0.15, 0.2) is 85.5 Å². The van der Waals surface area contributed by atoms with E-state index in [2.05, 4.69) is 18.2 Å². The molecule has 4 rings (SSSR count). The normalized spacial score (nSPS) is 10.4. The van der Waals surface area contributed by atoms with Crippen molar-refractivity contribution in [2.45, 2.75) is 20.8 Å². The van der Waals surface area contributed by atoms with Crippen molar-refractivity contribution in [1.82, 2.24) is 0 Å². The molecule has 2 aromatic carbocycles. The lowest BCUT2D eigenvalue weighted by Crippen LogP contribution is -2.30. The molecule has 2 heterocycles. The monoisotopic (exact) mass is 482 g/mol. The highest BCUT2D eigenvalue weighted by Crippen LogP contribution is 2.27. The van der Waals surface area contributed by atoms with Crippen LogP contribution in [0.4, 0.5) is 0 Å². The zero-order valence-electron chi connectivity index (χ0n) is 20.8. The van der Waals surface area contributed by atoms with Crippen molar-refractivity contribution in [3.05, 3.63) is 85.5 Å². The third-order valence-electron chi connectivity index (χ3n) is 5.50. The first-order valence-electron chi connectivity index (χ1n) is 12.0. The van der Waals surface area contributed by atoms with Crippen molar-refractivity contribution in [1.29, 1.82) is 0 Å². The van der Waals surface area contributed by atoms with Gasteiger partial charge in [0, 0.05) is 24.3 Å². The predicted octanol–water partition coefficient (Wildman–Crippen LogP) is 5.07. The van der Waals surface area contributed by atoms with E-state index in [0.717, 1.165) is 39.8 Å². The van der Waals surface area contributed by atoms with Gasteiger partial charge in [-0.1, -0.05) is 6.42 Å². The Morgan fingerprint density at radius 2 is 1.06 bits per heavy atom. The van der Waals surface area contributed by atoms with Crippen LogP contribution < -0.4 is 28.1 Å². The first kappa shape index (κ1) is 24.6. The Kier molecular flexibility index (Phi) is 8.05. The molecule has 0 radical (unpaired) electrons. The summed E-state index contributed by atoms with van der Waals surface area (Å²) >= 11 is 0. The third-order valence-corrected chi connectivity index (χ3v) is 5.50. The minimum absolute atomic E-state index is 0.578. The first-order chi connectivity index (χ1) is 17.7. The molecule has 2 aromatic heterocycles. The van der Waals surface area contributed by atoms with Crippen LogP contribution in [0.3, 0.4) is 0 Å². The second-order valence-electron chi connectivity index (χ2n) is 7.77. The summed E-state index contributed by atoms with van der Waals surface area (Å²) in [5, 5.41) is 0. The summed E-state index contributed by atoms with van der Waals surface area (Å²) in [6.45, 7) is 7.67. The minimum Gasteiger partial charge on any atom is -0.494 e. The van der Waals surface area contributed by atoms with E-state index in [1.807, 2.05) is 103 Å². The SMILES string of the molecule is C#COc1ccc(OCC)cc1-[n+]1ccc(-c2cc[n+](-c3cc(OCC)ccc3OCC)cc2)cc1. The molecule has 0 bridgehead atoms. The van der Waals surface area contributed by atoms with Gasteiger partial charge in [-0.3, -0.25) is 0 Å². The fourth-order valence-electron chi connectivity index (χ4n) is 3.90. The summed E-state index contributed by atoms with van der Waals surface area (Å²) in [5.41, 5.74) is 3.89. The molecule has 6 heteroatoms. The van der Waals surface area contributed by atoms with Crippen LogP contribution in [0, 0.1) is 12.5 Å². The molecule has 0 spiro atoms. The van der Waals surface area contributed by atoms with Crippen LogP contribution in [0.1, 0.15) is 20.8 Å². The van der Waals surface area contributed by atoms with Gasteiger partial charge in [-0.15, -0.1) is 0 Å².